The summed E-state index contributed by atoms with van der Waals surface area (Å²) in [6.07, 6.45) is 2.77. The van der Waals surface area contributed by atoms with E-state index in [-0.39, 0.29) is 0 Å². The number of hydrogen-bond donors (Lipinski definition) is 1. The molecule has 0 amide bonds. The van der Waals surface area contributed by atoms with Gasteiger partial charge in [-0.3, -0.25) is 0 Å². The van der Waals surface area contributed by atoms with Gasteiger partial charge >= 0.3 is 0 Å². The van der Waals surface area contributed by atoms with Crippen molar-refractivity contribution in [3.05, 3.63) is 35.9 Å². The lowest BCUT2D eigenvalue weighted by Crippen LogP contribution is -2.33. The molecule has 1 aromatic rings. The first-order valence-corrected chi connectivity index (χ1v) is 8.89. The van der Waals surface area contributed by atoms with Crippen LogP contribution in [0.1, 0.15) is 25.3 Å². The summed E-state index contributed by atoms with van der Waals surface area (Å²) in [5, 5.41) is 3.49. The zero-order chi connectivity index (χ0) is 13.7. The standard InChI is InChI=1S/C15H23NO2S/c1-2-16-15(10-13-6-4-3-5-7-13)11-14-8-9-19(17,18)12-14/h3-7,14-16H,2,8-12H2,1H3. The van der Waals surface area contributed by atoms with Crippen LogP contribution in [0.25, 0.3) is 0 Å². The van der Waals surface area contributed by atoms with E-state index in [1.807, 2.05) is 6.07 Å². The second-order valence-corrected chi connectivity index (χ2v) is 7.68. The van der Waals surface area contributed by atoms with E-state index >= 15 is 0 Å². The Morgan fingerprint density at radius 2 is 2.05 bits per heavy atom. The van der Waals surface area contributed by atoms with Gasteiger partial charge in [0.1, 0.15) is 0 Å². The smallest absolute Gasteiger partial charge is 0.150 e. The molecule has 106 valence electrons. The molecule has 4 heteroatoms. The van der Waals surface area contributed by atoms with Crippen LogP contribution in [0.15, 0.2) is 30.3 Å². The third-order valence-electron chi connectivity index (χ3n) is 3.76. The summed E-state index contributed by atoms with van der Waals surface area (Å²) in [7, 11) is -2.76. The Morgan fingerprint density at radius 1 is 1.32 bits per heavy atom. The average Bonchev–Trinajstić information content (AvgIpc) is 2.70. The fourth-order valence-corrected chi connectivity index (χ4v) is 4.77. The van der Waals surface area contributed by atoms with Crippen molar-refractivity contribution >= 4 is 9.84 Å². The Balaban J connectivity index is 1.93. The summed E-state index contributed by atoms with van der Waals surface area (Å²) in [4.78, 5) is 0. The summed E-state index contributed by atoms with van der Waals surface area (Å²) in [5.41, 5.74) is 1.31. The molecule has 1 aliphatic rings. The van der Waals surface area contributed by atoms with E-state index in [1.54, 1.807) is 0 Å². The van der Waals surface area contributed by atoms with Crippen LogP contribution in [-0.2, 0) is 16.3 Å². The number of likely N-dealkylation sites (N-methyl/N-ethyl adjacent to an activating group) is 1. The van der Waals surface area contributed by atoms with Gasteiger partial charge in [-0.15, -0.1) is 0 Å². The number of hydrogen-bond acceptors (Lipinski definition) is 3. The van der Waals surface area contributed by atoms with Gasteiger partial charge < -0.3 is 5.32 Å². The van der Waals surface area contributed by atoms with Gasteiger partial charge in [0.25, 0.3) is 0 Å². The first-order chi connectivity index (χ1) is 9.09. The summed E-state index contributed by atoms with van der Waals surface area (Å²) in [5.74, 6) is 1.09. The Hall–Kier alpha value is -0.870. The molecule has 2 atom stereocenters. The number of nitrogens with one attached hydrogen (secondary N) is 1. The molecular weight excluding hydrogens is 258 g/mol. The summed E-state index contributed by atoms with van der Waals surface area (Å²) in [6, 6.07) is 10.8. The van der Waals surface area contributed by atoms with Crippen LogP contribution in [0.2, 0.25) is 0 Å². The monoisotopic (exact) mass is 281 g/mol. The van der Waals surface area contributed by atoms with E-state index < -0.39 is 9.84 Å². The Labute approximate surface area is 116 Å². The van der Waals surface area contributed by atoms with Crippen molar-refractivity contribution in [3.63, 3.8) is 0 Å². The zero-order valence-corrected chi connectivity index (χ0v) is 12.3. The van der Waals surface area contributed by atoms with E-state index in [4.69, 9.17) is 0 Å². The van der Waals surface area contributed by atoms with Gasteiger partial charge in [-0.1, -0.05) is 37.3 Å². The third-order valence-corrected chi connectivity index (χ3v) is 5.60. The predicted molar refractivity (Wildman–Crippen MR) is 79.0 cm³/mol. The van der Waals surface area contributed by atoms with Gasteiger partial charge in [0.05, 0.1) is 11.5 Å². The minimum atomic E-state index is -2.76. The van der Waals surface area contributed by atoms with E-state index in [0.717, 1.165) is 25.8 Å². The van der Waals surface area contributed by atoms with Crippen LogP contribution in [-0.4, -0.2) is 32.5 Å². The molecule has 0 saturated carbocycles. The summed E-state index contributed by atoms with van der Waals surface area (Å²) in [6.45, 7) is 3.03. The van der Waals surface area contributed by atoms with Gasteiger partial charge in [0.15, 0.2) is 9.84 Å². The quantitative estimate of drug-likeness (QED) is 0.868. The van der Waals surface area contributed by atoms with Crippen molar-refractivity contribution in [1.82, 2.24) is 5.32 Å². The Morgan fingerprint density at radius 3 is 2.63 bits per heavy atom. The zero-order valence-electron chi connectivity index (χ0n) is 11.5. The van der Waals surface area contributed by atoms with Crippen LogP contribution in [0.5, 0.6) is 0 Å². The lowest BCUT2D eigenvalue weighted by Gasteiger charge is -2.21. The molecule has 0 bridgehead atoms. The SMILES string of the molecule is CCNC(Cc1ccccc1)CC1CCS(=O)(=O)C1. The largest absolute Gasteiger partial charge is 0.314 e. The lowest BCUT2D eigenvalue weighted by atomic mass is 9.94. The molecule has 0 radical (unpaired) electrons. The van der Waals surface area contributed by atoms with E-state index in [0.29, 0.717) is 23.5 Å². The van der Waals surface area contributed by atoms with E-state index in [2.05, 4.69) is 36.5 Å². The second-order valence-electron chi connectivity index (χ2n) is 5.45. The second kappa shape index (κ2) is 6.53. The lowest BCUT2D eigenvalue weighted by molar-refractivity contribution is 0.409. The van der Waals surface area contributed by atoms with Gasteiger partial charge in [0, 0.05) is 6.04 Å². The number of sulfone groups is 1. The molecular formula is C15H23NO2S. The van der Waals surface area contributed by atoms with Crippen LogP contribution in [0, 0.1) is 5.92 Å². The van der Waals surface area contributed by atoms with Crippen molar-refractivity contribution in [2.75, 3.05) is 18.1 Å². The van der Waals surface area contributed by atoms with Crippen molar-refractivity contribution in [2.45, 2.75) is 32.2 Å². The molecule has 0 aromatic heterocycles. The first kappa shape index (κ1) is 14.5. The van der Waals surface area contributed by atoms with Crippen molar-refractivity contribution in [2.24, 2.45) is 5.92 Å². The fourth-order valence-electron chi connectivity index (χ4n) is 2.89. The molecule has 2 unspecified atom stereocenters. The summed E-state index contributed by atoms with van der Waals surface area (Å²) < 4.78 is 23.0. The Kier molecular flexibility index (Phi) is 4.99. The van der Waals surface area contributed by atoms with Crippen LogP contribution in [0.4, 0.5) is 0 Å². The molecule has 1 fully saturated rings. The Bertz CT molecular complexity index is 484. The minimum Gasteiger partial charge on any atom is -0.314 e. The number of benzene rings is 1. The highest BCUT2D eigenvalue weighted by Crippen LogP contribution is 2.24. The van der Waals surface area contributed by atoms with Crippen molar-refractivity contribution < 1.29 is 8.42 Å². The first-order valence-electron chi connectivity index (χ1n) is 7.07. The molecule has 1 saturated heterocycles. The maximum absolute atomic E-state index is 11.5. The van der Waals surface area contributed by atoms with E-state index in [9.17, 15) is 8.42 Å². The van der Waals surface area contributed by atoms with Gasteiger partial charge in [0.2, 0.25) is 0 Å². The predicted octanol–water partition coefficient (Wildman–Crippen LogP) is 2.03. The normalized spacial score (nSPS) is 23.3. The molecule has 1 heterocycles. The van der Waals surface area contributed by atoms with Gasteiger partial charge in [-0.25, -0.2) is 8.42 Å². The molecule has 0 spiro atoms. The molecule has 1 N–H and O–H groups in total. The van der Waals surface area contributed by atoms with Crippen LogP contribution < -0.4 is 5.32 Å². The molecule has 0 aliphatic carbocycles. The molecule has 19 heavy (non-hydrogen) atoms. The maximum Gasteiger partial charge on any atom is 0.150 e. The average molecular weight is 281 g/mol. The van der Waals surface area contributed by atoms with Crippen molar-refractivity contribution in [3.8, 4) is 0 Å². The summed E-state index contributed by atoms with van der Waals surface area (Å²) >= 11 is 0. The molecule has 1 aliphatic heterocycles. The van der Waals surface area contributed by atoms with Crippen molar-refractivity contribution in [1.29, 1.82) is 0 Å². The van der Waals surface area contributed by atoms with Crippen LogP contribution >= 0.6 is 0 Å². The molecule has 2 rings (SSSR count). The highest BCUT2D eigenvalue weighted by molar-refractivity contribution is 7.91. The topological polar surface area (TPSA) is 46.2 Å². The fraction of sp³-hybridized carbons (Fsp3) is 0.600. The van der Waals surface area contributed by atoms with Crippen LogP contribution in [0.3, 0.4) is 0 Å². The van der Waals surface area contributed by atoms with Gasteiger partial charge in [-0.05, 0) is 37.3 Å². The molecule has 3 nitrogen and oxygen atoms in total. The highest BCUT2D eigenvalue weighted by atomic mass is 32.2. The van der Waals surface area contributed by atoms with E-state index in [1.165, 1.54) is 5.56 Å². The minimum absolute atomic E-state index is 0.331. The highest BCUT2D eigenvalue weighted by Gasteiger charge is 2.29. The molecule has 1 aromatic carbocycles. The maximum atomic E-state index is 11.5. The third kappa shape index (κ3) is 4.62. The number of rotatable bonds is 6. The van der Waals surface area contributed by atoms with Gasteiger partial charge in [-0.2, -0.15) is 0 Å².